The van der Waals surface area contributed by atoms with E-state index in [1.54, 1.807) is 0 Å². The molecular formula is C6H5ClN2O. The topological polar surface area (TPSA) is 42.9 Å². The maximum Gasteiger partial charge on any atom is 0.168 e. The number of aromatic nitrogens is 2. The molecule has 0 aliphatic carbocycles. The van der Waals surface area contributed by atoms with Gasteiger partial charge < -0.3 is 0 Å². The Kier molecular flexibility index (Phi) is 2.34. The van der Waals surface area contributed by atoms with Gasteiger partial charge in [0.15, 0.2) is 6.29 Å². The summed E-state index contributed by atoms with van der Waals surface area (Å²) in [5.41, 5.74) is 0.366. The maximum atomic E-state index is 10.1. The van der Waals surface area contributed by atoms with Crippen molar-refractivity contribution in [2.75, 3.05) is 0 Å². The zero-order valence-electron chi connectivity index (χ0n) is 5.12. The lowest BCUT2D eigenvalue weighted by Crippen LogP contribution is -1.94. The van der Waals surface area contributed by atoms with E-state index in [1.165, 1.54) is 12.3 Å². The molecule has 1 heterocycles. The molecule has 0 fully saturated rings. The largest absolute Gasteiger partial charge is 0.296 e. The Morgan fingerprint density at radius 3 is 3.10 bits per heavy atom. The lowest BCUT2D eigenvalue weighted by atomic mass is 10.4. The van der Waals surface area contributed by atoms with Crippen molar-refractivity contribution in [3.63, 3.8) is 0 Å². The van der Waals surface area contributed by atoms with Crippen LogP contribution in [0, 0.1) is 0 Å². The highest BCUT2D eigenvalue weighted by molar-refractivity contribution is 6.16. The van der Waals surface area contributed by atoms with Gasteiger partial charge in [0, 0.05) is 6.20 Å². The van der Waals surface area contributed by atoms with Gasteiger partial charge in [0.05, 0.1) is 5.88 Å². The fourth-order valence-corrected chi connectivity index (χ4v) is 0.674. The smallest absolute Gasteiger partial charge is 0.168 e. The number of alkyl halides is 1. The van der Waals surface area contributed by atoms with Crippen LogP contribution in [0.5, 0.6) is 0 Å². The van der Waals surface area contributed by atoms with Crippen LogP contribution in [0.15, 0.2) is 12.3 Å². The number of carbonyl (C=O) groups is 1. The summed E-state index contributed by atoms with van der Waals surface area (Å²) in [7, 11) is 0. The van der Waals surface area contributed by atoms with Crippen molar-refractivity contribution in [2.24, 2.45) is 0 Å². The van der Waals surface area contributed by atoms with Gasteiger partial charge in [-0.05, 0) is 6.07 Å². The van der Waals surface area contributed by atoms with Gasteiger partial charge in [0.25, 0.3) is 0 Å². The molecule has 1 aromatic rings. The maximum absolute atomic E-state index is 10.1. The molecule has 0 atom stereocenters. The summed E-state index contributed by atoms with van der Waals surface area (Å²) in [6, 6.07) is 1.53. The third kappa shape index (κ3) is 1.51. The molecule has 10 heavy (non-hydrogen) atoms. The summed E-state index contributed by atoms with van der Waals surface area (Å²) in [5.74, 6) is 0.716. The van der Waals surface area contributed by atoms with Gasteiger partial charge in [-0.15, -0.1) is 11.6 Å². The van der Waals surface area contributed by atoms with Crippen LogP contribution in [0.2, 0.25) is 0 Å². The Balaban J connectivity index is 2.98. The van der Waals surface area contributed by atoms with Crippen molar-refractivity contribution in [3.05, 3.63) is 23.8 Å². The highest BCUT2D eigenvalue weighted by Crippen LogP contribution is 1.95. The van der Waals surface area contributed by atoms with Crippen LogP contribution in [-0.2, 0) is 5.88 Å². The number of hydrogen-bond donors (Lipinski definition) is 0. The van der Waals surface area contributed by atoms with E-state index < -0.39 is 0 Å². The first-order valence-corrected chi connectivity index (χ1v) is 3.23. The lowest BCUT2D eigenvalue weighted by molar-refractivity contribution is 0.111. The summed E-state index contributed by atoms with van der Waals surface area (Å²) in [6.45, 7) is 0. The molecule has 0 aliphatic heterocycles. The molecular weight excluding hydrogens is 152 g/mol. The SMILES string of the molecule is O=Cc1ccnc(CCl)n1. The van der Waals surface area contributed by atoms with Crippen LogP contribution in [0.4, 0.5) is 0 Å². The van der Waals surface area contributed by atoms with Crippen molar-refractivity contribution in [3.8, 4) is 0 Å². The lowest BCUT2D eigenvalue weighted by Gasteiger charge is -1.91. The molecule has 0 saturated carbocycles. The predicted molar refractivity (Wildman–Crippen MR) is 37.0 cm³/mol. The van der Waals surface area contributed by atoms with Crippen LogP contribution >= 0.6 is 11.6 Å². The summed E-state index contributed by atoms with van der Waals surface area (Å²) in [5, 5.41) is 0. The Hall–Kier alpha value is -0.960. The molecule has 0 spiro atoms. The van der Waals surface area contributed by atoms with Crippen molar-refractivity contribution in [1.29, 1.82) is 0 Å². The second kappa shape index (κ2) is 3.27. The average Bonchev–Trinajstić information content (AvgIpc) is 2.05. The molecule has 1 aromatic heterocycles. The predicted octanol–water partition coefficient (Wildman–Crippen LogP) is 1.03. The molecule has 4 heteroatoms. The minimum atomic E-state index is 0.238. The van der Waals surface area contributed by atoms with Crippen LogP contribution in [-0.4, -0.2) is 16.3 Å². The van der Waals surface area contributed by atoms with Crippen LogP contribution < -0.4 is 0 Å². The number of aldehydes is 1. The molecule has 0 amide bonds. The first kappa shape index (κ1) is 7.15. The standard InChI is InChI=1S/C6H5ClN2O/c7-3-6-8-2-1-5(4-10)9-6/h1-2,4H,3H2. The van der Waals surface area contributed by atoms with E-state index in [1.807, 2.05) is 0 Å². The van der Waals surface area contributed by atoms with Gasteiger partial charge in [0.2, 0.25) is 0 Å². The van der Waals surface area contributed by atoms with Crippen molar-refractivity contribution in [2.45, 2.75) is 5.88 Å². The Labute approximate surface area is 63.1 Å². The third-order valence-electron chi connectivity index (χ3n) is 0.967. The number of hydrogen-bond acceptors (Lipinski definition) is 3. The Morgan fingerprint density at radius 1 is 1.70 bits per heavy atom. The van der Waals surface area contributed by atoms with Crippen molar-refractivity contribution < 1.29 is 4.79 Å². The van der Waals surface area contributed by atoms with E-state index in [2.05, 4.69) is 9.97 Å². The van der Waals surface area contributed by atoms with Crippen LogP contribution in [0.3, 0.4) is 0 Å². The molecule has 0 saturated heterocycles. The Morgan fingerprint density at radius 2 is 2.50 bits per heavy atom. The average molecular weight is 157 g/mol. The van der Waals surface area contributed by atoms with E-state index in [-0.39, 0.29) is 5.88 Å². The van der Waals surface area contributed by atoms with Gasteiger partial charge in [-0.25, -0.2) is 9.97 Å². The third-order valence-corrected chi connectivity index (χ3v) is 1.21. The fourth-order valence-electron chi connectivity index (χ4n) is 0.545. The fraction of sp³-hybridized carbons (Fsp3) is 0.167. The van der Waals surface area contributed by atoms with Gasteiger partial charge in [-0.3, -0.25) is 4.79 Å². The van der Waals surface area contributed by atoms with E-state index in [4.69, 9.17) is 11.6 Å². The van der Waals surface area contributed by atoms with Gasteiger partial charge in [-0.1, -0.05) is 0 Å². The second-order valence-corrected chi connectivity index (χ2v) is 1.92. The highest BCUT2D eigenvalue weighted by atomic mass is 35.5. The van der Waals surface area contributed by atoms with Crippen molar-refractivity contribution >= 4 is 17.9 Å². The first-order chi connectivity index (χ1) is 4.86. The number of carbonyl (C=O) groups excluding carboxylic acids is 1. The van der Waals surface area contributed by atoms with Crippen molar-refractivity contribution in [1.82, 2.24) is 9.97 Å². The first-order valence-electron chi connectivity index (χ1n) is 2.70. The normalized spacial score (nSPS) is 9.30. The molecule has 0 unspecified atom stereocenters. The minimum Gasteiger partial charge on any atom is -0.296 e. The zero-order valence-corrected chi connectivity index (χ0v) is 5.88. The number of halogens is 1. The number of nitrogens with zero attached hydrogens (tertiary/aromatic N) is 2. The Bertz CT molecular complexity index is 239. The summed E-state index contributed by atoms with van der Waals surface area (Å²) in [4.78, 5) is 17.7. The van der Waals surface area contributed by atoms with E-state index in [9.17, 15) is 4.79 Å². The zero-order chi connectivity index (χ0) is 7.40. The van der Waals surface area contributed by atoms with Gasteiger partial charge in [0.1, 0.15) is 11.5 Å². The number of rotatable bonds is 2. The minimum absolute atomic E-state index is 0.238. The molecule has 0 radical (unpaired) electrons. The molecule has 52 valence electrons. The quantitative estimate of drug-likeness (QED) is 0.475. The molecule has 0 aromatic carbocycles. The van der Waals surface area contributed by atoms with E-state index in [0.29, 0.717) is 17.8 Å². The van der Waals surface area contributed by atoms with Gasteiger partial charge in [-0.2, -0.15) is 0 Å². The monoisotopic (exact) mass is 156 g/mol. The summed E-state index contributed by atoms with van der Waals surface area (Å²) < 4.78 is 0. The second-order valence-electron chi connectivity index (χ2n) is 1.65. The molecule has 0 aliphatic rings. The van der Waals surface area contributed by atoms with Gasteiger partial charge >= 0.3 is 0 Å². The summed E-state index contributed by atoms with van der Waals surface area (Å²) in [6.07, 6.45) is 2.17. The highest BCUT2D eigenvalue weighted by Gasteiger charge is 1.94. The molecule has 3 nitrogen and oxygen atoms in total. The van der Waals surface area contributed by atoms with E-state index >= 15 is 0 Å². The summed E-state index contributed by atoms with van der Waals surface area (Å²) >= 11 is 5.41. The molecule has 1 rings (SSSR count). The van der Waals surface area contributed by atoms with Crippen LogP contribution in [0.25, 0.3) is 0 Å². The molecule has 0 bridgehead atoms. The van der Waals surface area contributed by atoms with Crippen LogP contribution in [0.1, 0.15) is 16.3 Å². The van der Waals surface area contributed by atoms with E-state index in [0.717, 1.165) is 0 Å². The molecule has 0 N–H and O–H groups in total.